The number of H-pyrrole nitrogens is 1. The standard InChI is InChI=1S/C17H16FN7O/c1-25-8-13(16(24-25)26-2)22-17-21-7-11(18)14(23-17)10-6-20-15-9(10)4-3-5-12(15)19/h3-8,20H,19H2,1-2H3,(H,21,22,23). The highest BCUT2D eigenvalue weighted by atomic mass is 19.1. The van der Waals surface area contributed by atoms with Gasteiger partial charge in [0.25, 0.3) is 5.88 Å². The lowest BCUT2D eigenvalue weighted by Gasteiger charge is -2.07. The first-order chi connectivity index (χ1) is 12.6. The van der Waals surface area contributed by atoms with Gasteiger partial charge in [0, 0.05) is 24.2 Å². The summed E-state index contributed by atoms with van der Waals surface area (Å²) in [5.41, 5.74) is 8.64. The number of halogens is 1. The van der Waals surface area contributed by atoms with Crippen molar-refractivity contribution in [2.45, 2.75) is 0 Å². The minimum Gasteiger partial charge on any atom is -0.478 e. The van der Waals surface area contributed by atoms with Crippen LogP contribution in [0.3, 0.4) is 0 Å². The van der Waals surface area contributed by atoms with E-state index in [9.17, 15) is 4.39 Å². The van der Waals surface area contributed by atoms with Crippen molar-refractivity contribution in [2.75, 3.05) is 18.2 Å². The van der Waals surface area contributed by atoms with E-state index in [4.69, 9.17) is 10.5 Å². The van der Waals surface area contributed by atoms with Crippen LogP contribution in [-0.4, -0.2) is 31.8 Å². The lowest BCUT2D eigenvalue weighted by atomic mass is 10.1. The van der Waals surface area contributed by atoms with Crippen molar-refractivity contribution in [2.24, 2.45) is 7.05 Å². The third-order valence-corrected chi connectivity index (χ3v) is 3.98. The number of hydrogen-bond donors (Lipinski definition) is 3. The summed E-state index contributed by atoms with van der Waals surface area (Å²) >= 11 is 0. The molecule has 1 aromatic carbocycles. The average molecular weight is 353 g/mol. The van der Waals surface area contributed by atoms with E-state index in [0.717, 1.165) is 17.1 Å². The van der Waals surface area contributed by atoms with Gasteiger partial charge >= 0.3 is 0 Å². The Bertz CT molecular complexity index is 1100. The van der Waals surface area contributed by atoms with Crippen molar-refractivity contribution in [3.63, 3.8) is 0 Å². The zero-order chi connectivity index (χ0) is 18.3. The molecule has 0 saturated heterocycles. The number of hydrogen-bond acceptors (Lipinski definition) is 6. The summed E-state index contributed by atoms with van der Waals surface area (Å²) in [6.45, 7) is 0. The summed E-state index contributed by atoms with van der Waals surface area (Å²) in [4.78, 5) is 11.4. The number of anilines is 3. The number of nitrogens with zero attached hydrogens (tertiary/aromatic N) is 4. The summed E-state index contributed by atoms with van der Waals surface area (Å²) in [5.74, 6) is 0.0878. The highest BCUT2D eigenvalue weighted by Crippen LogP contribution is 2.32. The second-order valence-corrected chi connectivity index (χ2v) is 5.71. The molecule has 3 heterocycles. The van der Waals surface area contributed by atoms with Gasteiger partial charge in [0.05, 0.1) is 30.7 Å². The van der Waals surface area contributed by atoms with Gasteiger partial charge in [-0.15, -0.1) is 5.10 Å². The maximum atomic E-state index is 14.4. The number of nitrogens with two attached hydrogens (primary N) is 1. The highest BCUT2D eigenvalue weighted by molar-refractivity contribution is 6.00. The van der Waals surface area contributed by atoms with E-state index in [-0.39, 0.29) is 11.6 Å². The molecular formula is C17H16FN7O. The van der Waals surface area contributed by atoms with Crippen LogP contribution in [0.15, 0.2) is 36.8 Å². The topological polar surface area (TPSA) is 107 Å². The molecule has 0 radical (unpaired) electrons. The predicted octanol–water partition coefficient (Wildman–Crippen LogP) is 2.83. The van der Waals surface area contributed by atoms with Crippen LogP contribution in [0.2, 0.25) is 0 Å². The molecule has 0 aliphatic carbocycles. The number of nitrogen functional groups attached to an aromatic ring is 1. The molecule has 4 aromatic rings. The Balaban J connectivity index is 1.78. The molecule has 132 valence electrons. The van der Waals surface area contributed by atoms with Crippen LogP contribution >= 0.6 is 0 Å². The van der Waals surface area contributed by atoms with Crippen molar-refractivity contribution >= 4 is 28.2 Å². The largest absolute Gasteiger partial charge is 0.478 e. The number of rotatable bonds is 4. The Labute approximate surface area is 147 Å². The van der Waals surface area contributed by atoms with Gasteiger partial charge in [-0.2, -0.15) is 0 Å². The molecule has 0 spiro atoms. The number of benzene rings is 1. The number of nitrogens with one attached hydrogen (secondary N) is 2. The van der Waals surface area contributed by atoms with Crippen molar-refractivity contribution in [3.05, 3.63) is 42.6 Å². The van der Waals surface area contributed by atoms with Crippen molar-refractivity contribution < 1.29 is 9.13 Å². The van der Waals surface area contributed by atoms with Gasteiger partial charge < -0.3 is 20.8 Å². The van der Waals surface area contributed by atoms with Crippen molar-refractivity contribution in [1.29, 1.82) is 0 Å². The monoisotopic (exact) mass is 353 g/mol. The van der Waals surface area contributed by atoms with E-state index in [2.05, 4.69) is 25.4 Å². The summed E-state index contributed by atoms with van der Waals surface area (Å²) in [6.07, 6.45) is 4.52. The lowest BCUT2D eigenvalue weighted by molar-refractivity contribution is 0.393. The van der Waals surface area contributed by atoms with Crippen LogP contribution in [-0.2, 0) is 7.05 Å². The van der Waals surface area contributed by atoms with Gasteiger partial charge in [0.15, 0.2) is 5.82 Å². The van der Waals surface area contributed by atoms with Crippen LogP contribution in [0.4, 0.5) is 21.7 Å². The third-order valence-electron chi connectivity index (χ3n) is 3.98. The Hall–Kier alpha value is -3.62. The average Bonchev–Trinajstić information content (AvgIpc) is 3.21. The molecule has 26 heavy (non-hydrogen) atoms. The van der Waals surface area contributed by atoms with Gasteiger partial charge in [-0.3, -0.25) is 4.68 Å². The number of aromatic nitrogens is 5. The normalized spacial score (nSPS) is 11.0. The molecule has 3 aromatic heterocycles. The first kappa shape index (κ1) is 15.9. The number of aromatic amines is 1. The second kappa shape index (κ2) is 6.03. The molecule has 0 amide bonds. The Morgan fingerprint density at radius 2 is 2.19 bits per heavy atom. The second-order valence-electron chi connectivity index (χ2n) is 5.71. The smallest absolute Gasteiger partial charge is 0.256 e. The van der Waals surface area contributed by atoms with Crippen LogP contribution in [0, 0.1) is 5.82 Å². The molecule has 8 nitrogen and oxygen atoms in total. The van der Waals surface area contributed by atoms with Crippen LogP contribution in [0.25, 0.3) is 22.2 Å². The minimum atomic E-state index is -0.531. The van der Waals surface area contributed by atoms with Crippen LogP contribution < -0.4 is 15.8 Å². The lowest BCUT2D eigenvalue weighted by Crippen LogP contribution is -2.01. The van der Waals surface area contributed by atoms with Gasteiger partial charge in [0.2, 0.25) is 5.95 Å². The fourth-order valence-corrected chi connectivity index (χ4v) is 2.81. The predicted molar refractivity (Wildman–Crippen MR) is 96.7 cm³/mol. The Morgan fingerprint density at radius 1 is 1.35 bits per heavy atom. The molecule has 0 fully saturated rings. The fraction of sp³-hybridized carbons (Fsp3) is 0.118. The molecule has 0 atom stereocenters. The van der Waals surface area contributed by atoms with E-state index in [0.29, 0.717) is 22.8 Å². The minimum absolute atomic E-state index is 0.169. The quantitative estimate of drug-likeness (QED) is 0.487. The SMILES string of the molecule is COc1nn(C)cc1Nc1ncc(F)c(-c2c[nH]c3c(N)cccc23)n1. The molecule has 0 bridgehead atoms. The zero-order valence-electron chi connectivity index (χ0n) is 14.1. The first-order valence-corrected chi connectivity index (χ1v) is 7.80. The van der Waals surface area contributed by atoms with Crippen molar-refractivity contribution in [3.8, 4) is 17.1 Å². The van der Waals surface area contributed by atoms with Gasteiger partial charge in [0.1, 0.15) is 11.4 Å². The Morgan fingerprint density at radius 3 is 3.00 bits per heavy atom. The van der Waals surface area contributed by atoms with E-state index in [1.807, 2.05) is 12.1 Å². The number of fused-ring (bicyclic) bond motifs is 1. The van der Waals surface area contributed by atoms with Crippen molar-refractivity contribution in [1.82, 2.24) is 24.7 Å². The highest BCUT2D eigenvalue weighted by Gasteiger charge is 2.16. The van der Waals surface area contributed by atoms with Crippen LogP contribution in [0.1, 0.15) is 0 Å². The third kappa shape index (κ3) is 2.59. The molecule has 0 aliphatic heterocycles. The number of ether oxygens (including phenoxy) is 1. The van der Waals surface area contributed by atoms with Gasteiger partial charge in [-0.05, 0) is 6.07 Å². The molecule has 4 N–H and O–H groups in total. The summed E-state index contributed by atoms with van der Waals surface area (Å²) < 4.78 is 21.2. The first-order valence-electron chi connectivity index (χ1n) is 7.80. The van der Waals surface area contributed by atoms with Gasteiger partial charge in [-0.1, -0.05) is 12.1 Å². The summed E-state index contributed by atoms with van der Waals surface area (Å²) in [5, 5.41) is 7.94. The molecule has 0 unspecified atom stereocenters. The summed E-state index contributed by atoms with van der Waals surface area (Å²) in [6, 6.07) is 5.45. The Kier molecular flexibility index (Phi) is 3.68. The zero-order valence-corrected chi connectivity index (χ0v) is 14.1. The number of aryl methyl sites for hydroxylation is 1. The molecular weight excluding hydrogens is 337 g/mol. The van der Waals surface area contributed by atoms with E-state index in [1.165, 1.54) is 7.11 Å². The number of methoxy groups -OCH3 is 1. The maximum Gasteiger partial charge on any atom is 0.256 e. The maximum absolute atomic E-state index is 14.4. The molecule has 0 saturated carbocycles. The van der Waals surface area contributed by atoms with Crippen LogP contribution in [0.5, 0.6) is 5.88 Å². The van der Waals surface area contributed by atoms with E-state index >= 15 is 0 Å². The molecule has 0 aliphatic rings. The molecule has 4 rings (SSSR count). The molecule has 9 heteroatoms. The van der Waals surface area contributed by atoms with E-state index in [1.54, 1.807) is 30.2 Å². The van der Waals surface area contributed by atoms with Gasteiger partial charge in [-0.25, -0.2) is 14.4 Å². The number of para-hydroxylation sites is 1. The summed E-state index contributed by atoms with van der Waals surface area (Å²) in [7, 11) is 3.28. The fourth-order valence-electron chi connectivity index (χ4n) is 2.81. The van der Waals surface area contributed by atoms with E-state index < -0.39 is 5.82 Å².